The highest BCUT2D eigenvalue weighted by atomic mass is 79.9. The van der Waals surface area contributed by atoms with E-state index in [2.05, 4.69) is 20.9 Å². The Balaban J connectivity index is 2.33. The molecule has 0 aliphatic heterocycles. The van der Waals surface area contributed by atoms with E-state index in [-0.39, 0.29) is 6.42 Å². The number of nitrogens with zero attached hydrogens (tertiary/aromatic N) is 2. The summed E-state index contributed by atoms with van der Waals surface area (Å²) >= 11 is 9.36. The quantitative estimate of drug-likeness (QED) is 0.935. The summed E-state index contributed by atoms with van der Waals surface area (Å²) in [7, 11) is 0. The molecule has 0 atom stereocenters. The fraction of sp³-hybridized carbons (Fsp3) is 0.167. The maximum atomic E-state index is 10.6. The lowest BCUT2D eigenvalue weighted by molar-refractivity contribution is -0.137. The zero-order valence-electron chi connectivity index (χ0n) is 9.31. The number of benzene rings is 1. The van der Waals surface area contributed by atoms with E-state index in [1.807, 2.05) is 6.07 Å². The fourth-order valence-corrected chi connectivity index (χ4v) is 2.51. The first kappa shape index (κ1) is 13.1. The van der Waals surface area contributed by atoms with Gasteiger partial charge in [0.05, 0.1) is 6.42 Å². The van der Waals surface area contributed by atoms with Gasteiger partial charge in [0.25, 0.3) is 0 Å². The van der Waals surface area contributed by atoms with Crippen LogP contribution < -0.4 is 0 Å². The van der Waals surface area contributed by atoms with Crippen LogP contribution in [0.15, 0.2) is 35.1 Å². The number of carboxylic acid groups (broad SMARTS) is 1. The van der Waals surface area contributed by atoms with Crippen LogP contribution in [-0.4, -0.2) is 20.6 Å². The van der Waals surface area contributed by atoms with Crippen LogP contribution in [0.25, 0.3) is 11.4 Å². The summed E-state index contributed by atoms with van der Waals surface area (Å²) in [5, 5.41) is 9.30. The second-order valence-electron chi connectivity index (χ2n) is 3.75. The summed E-state index contributed by atoms with van der Waals surface area (Å²) in [5.41, 5.74) is 0.852. The highest BCUT2D eigenvalue weighted by molar-refractivity contribution is 9.10. The molecule has 2 rings (SSSR count). The lowest BCUT2D eigenvalue weighted by Gasteiger charge is -2.07. The van der Waals surface area contributed by atoms with Gasteiger partial charge in [-0.15, -0.1) is 0 Å². The molecule has 2 aromatic rings. The summed E-state index contributed by atoms with van der Waals surface area (Å²) in [4.78, 5) is 14.8. The number of imidazole rings is 1. The molecule has 0 aliphatic carbocycles. The predicted octanol–water partition coefficient (Wildman–Crippen LogP) is 3.44. The molecule has 0 saturated carbocycles. The minimum Gasteiger partial charge on any atom is -0.481 e. The number of aliphatic carboxylic acids is 1. The van der Waals surface area contributed by atoms with Crippen molar-refractivity contribution in [2.45, 2.75) is 13.0 Å². The smallest absolute Gasteiger partial charge is 0.305 e. The van der Waals surface area contributed by atoms with Gasteiger partial charge in [-0.1, -0.05) is 27.5 Å². The molecule has 1 aromatic carbocycles. The monoisotopic (exact) mass is 328 g/mol. The maximum Gasteiger partial charge on any atom is 0.305 e. The molecule has 0 saturated heterocycles. The molecular formula is C12H10BrClN2O2. The standard InChI is InChI=1S/C12H10BrClN2O2/c13-9-5-8(6-10(14)7-9)12-15-2-4-16(12)3-1-11(17)18/h2,4-7H,1,3H2,(H,17,18). The van der Waals surface area contributed by atoms with Crippen molar-refractivity contribution < 1.29 is 9.90 Å². The molecule has 0 radical (unpaired) electrons. The number of hydrogen-bond donors (Lipinski definition) is 1. The van der Waals surface area contributed by atoms with Gasteiger partial charge in [0.2, 0.25) is 0 Å². The Morgan fingerprint density at radius 2 is 2.22 bits per heavy atom. The summed E-state index contributed by atoms with van der Waals surface area (Å²) in [5.74, 6) is -0.124. The largest absolute Gasteiger partial charge is 0.481 e. The number of rotatable bonds is 4. The van der Waals surface area contributed by atoms with E-state index in [1.54, 1.807) is 29.1 Å². The van der Waals surface area contributed by atoms with E-state index in [4.69, 9.17) is 16.7 Å². The third kappa shape index (κ3) is 3.11. The van der Waals surface area contributed by atoms with Crippen LogP contribution in [0.5, 0.6) is 0 Å². The van der Waals surface area contributed by atoms with E-state index >= 15 is 0 Å². The molecular weight excluding hydrogens is 320 g/mol. The predicted molar refractivity (Wildman–Crippen MR) is 72.6 cm³/mol. The lowest BCUT2D eigenvalue weighted by atomic mass is 10.2. The highest BCUT2D eigenvalue weighted by Crippen LogP contribution is 2.26. The van der Waals surface area contributed by atoms with Crippen LogP contribution in [0.4, 0.5) is 0 Å². The lowest BCUT2D eigenvalue weighted by Crippen LogP contribution is -2.05. The van der Waals surface area contributed by atoms with Crippen molar-refractivity contribution in [3.05, 3.63) is 40.1 Å². The SMILES string of the molecule is O=C(O)CCn1ccnc1-c1cc(Cl)cc(Br)c1. The van der Waals surface area contributed by atoms with Gasteiger partial charge in [0.15, 0.2) is 0 Å². The number of hydrogen-bond acceptors (Lipinski definition) is 2. The van der Waals surface area contributed by atoms with Gasteiger partial charge in [-0.25, -0.2) is 4.98 Å². The second kappa shape index (κ2) is 5.54. The van der Waals surface area contributed by atoms with Crippen molar-refractivity contribution in [1.29, 1.82) is 0 Å². The summed E-state index contributed by atoms with van der Waals surface area (Å²) in [6.45, 7) is 0.384. The Hall–Kier alpha value is -1.33. The van der Waals surface area contributed by atoms with Crippen molar-refractivity contribution in [2.75, 3.05) is 0 Å². The first-order chi connectivity index (χ1) is 8.56. The Morgan fingerprint density at radius 1 is 1.44 bits per heavy atom. The van der Waals surface area contributed by atoms with Gasteiger partial charge in [-0.3, -0.25) is 4.79 Å². The molecule has 0 amide bonds. The van der Waals surface area contributed by atoms with E-state index in [0.29, 0.717) is 17.4 Å². The number of carboxylic acids is 1. The maximum absolute atomic E-state index is 10.6. The van der Waals surface area contributed by atoms with Crippen molar-refractivity contribution >= 4 is 33.5 Å². The summed E-state index contributed by atoms with van der Waals surface area (Å²) in [6.07, 6.45) is 3.46. The Bertz CT molecular complexity index is 563. The van der Waals surface area contributed by atoms with Crippen molar-refractivity contribution in [1.82, 2.24) is 9.55 Å². The van der Waals surface area contributed by atoms with Gasteiger partial charge >= 0.3 is 5.97 Å². The van der Waals surface area contributed by atoms with Gasteiger partial charge in [-0.05, 0) is 18.2 Å². The highest BCUT2D eigenvalue weighted by Gasteiger charge is 2.09. The third-order valence-corrected chi connectivity index (χ3v) is 3.08. The van der Waals surface area contributed by atoms with Gasteiger partial charge in [0.1, 0.15) is 5.82 Å². The zero-order chi connectivity index (χ0) is 13.1. The van der Waals surface area contributed by atoms with Gasteiger partial charge in [-0.2, -0.15) is 0 Å². The zero-order valence-corrected chi connectivity index (χ0v) is 11.6. The number of aryl methyl sites for hydroxylation is 1. The van der Waals surface area contributed by atoms with Gasteiger partial charge in [0, 0.05) is 34.0 Å². The van der Waals surface area contributed by atoms with E-state index < -0.39 is 5.97 Å². The molecule has 0 spiro atoms. The minimum absolute atomic E-state index is 0.0606. The molecule has 1 aromatic heterocycles. The average Bonchev–Trinajstić information content (AvgIpc) is 2.72. The normalized spacial score (nSPS) is 10.6. The first-order valence-electron chi connectivity index (χ1n) is 5.25. The topological polar surface area (TPSA) is 55.1 Å². The van der Waals surface area contributed by atoms with Crippen LogP contribution in [0.3, 0.4) is 0 Å². The molecule has 94 valence electrons. The summed E-state index contributed by atoms with van der Waals surface area (Å²) < 4.78 is 2.66. The average molecular weight is 330 g/mol. The molecule has 0 aliphatic rings. The molecule has 18 heavy (non-hydrogen) atoms. The van der Waals surface area contributed by atoms with Crippen LogP contribution in [0.1, 0.15) is 6.42 Å². The Labute approximate surface area is 117 Å². The van der Waals surface area contributed by atoms with Gasteiger partial charge < -0.3 is 9.67 Å². The number of aromatic nitrogens is 2. The van der Waals surface area contributed by atoms with Crippen LogP contribution in [0, 0.1) is 0 Å². The summed E-state index contributed by atoms with van der Waals surface area (Å²) in [6, 6.07) is 5.48. The third-order valence-electron chi connectivity index (χ3n) is 2.40. The second-order valence-corrected chi connectivity index (χ2v) is 5.10. The van der Waals surface area contributed by atoms with Crippen LogP contribution >= 0.6 is 27.5 Å². The molecule has 0 bridgehead atoms. The number of carbonyl (C=O) groups is 1. The van der Waals surface area contributed by atoms with Crippen molar-refractivity contribution in [3.8, 4) is 11.4 Å². The first-order valence-corrected chi connectivity index (χ1v) is 6.43. The van der Waals surface area contributed by atoms with Crippen LogP contribution in [-0.2, 0) is 11.3 Å². The molecule has 1 N–H and O–H groups in total. The Morgan fingerprint density at radius 3 is 2.89 bits per heavy atom. The molecule has 0 unspecified atom stereocenters. The van der Waals surface area contributed by atoms with Crippen LogP contribution in [0.2, 0.25) is 5.02 Å². The Kier molecular flexibility index (Phi) is 4.04. The minimum atomic E-state index is -0.832. The van der Waals surface area contributed by atoms with E-state index in [9.17, 15) is 4.79 Å². The van der Waals surface area contributed by atoms with Crippen molar-refractivity contribution in [3.63, 3.8) is 0 Å². The molecule has 0 fully saturated rings. The van der Waals surface area contributed by atoms with E-state index in [0.717, 1.165) is 10.0 Å². The molecule has 6 heteroatoms. The van der Waals surface area contributed by atoms with E-state index in [1.165, 1.54) is 0 Å². The molecule has 4 nitrogen and oxygen atoms in total. The fourth-order valence-electron chi connectivity index (χ4n) is 1.65. The number of halogens is 2. The van der Waals surface area contributed by atoms with Crippen molar-refractivity contribution in [2.24, 2.45) is 0 Å². The molecule has 1 heterocycles.